The number of halogens is 2. The van der Waals surface area contributed by atoms with Crippen molar-refractivity contribution in [2.24, 2.45) is 11.3 Å². The Morgan fingerprint density at radius 1 is 1.14 bits per heavy atom. The van der Waals surface area contributed by atoms with E-state index >= 15 is 0 Å². The summed E-state index contributed by atoms with van der Waals surface area (Å²) in [6.45, 7) is 2.18. The third-order valence-electron chi connectivity index (χ3n) is 6.62. The lowest BCUT2D eigenvalue weighted by Gasteiger charge is -2.53. The molecule has 0 atom stereocenters. The zero-order valence-corrected chi connectivity index (χ0v) is 17.3. The largest absolute Gasteiger partial charge is 0.461 e. The van der Waals surface area contributed by atoms with Crippen molar-refractivity contribution in [3.05, 3.63) is 29.0 Å². The summed E-state index contributed by atoms with van der Waals surface area (Å²) in [4.78, 5) is 26.8. The standard InChI is InChI=1S/C22H28ClFN2O3/c23-16-9-17(24)11-18(10-16)25-21(28)15-5-7-22(8-6-15)13-26(14-22)12-20(27)29-19-3-1-2-4-19/h9-11,15,19H,1-8,12-14H2,(H,25,28). The van der Waals surface area contributed by atoms with Gasteiger partial charge in [-0.3, -0.25) is 14.5 Å². The molecular formula is C22H28ClFN2O3. The quantitative estimate of drug-likeness (QED) is 0.714. The molecule has 1 spiro atoms. The van der Waals surface area contributed by atoms with Crippen LogP contribution in [0.3, 0.4) is 0 Å². The van der Waals surface area contributed by atoms with Crippen LogP contribution in [0, 0.1) is 17.2 Å². The molecule has 2 aliphatic carbocycles. The summed E-state index contributed by atoms with van der Waals surface area (Å²) in [5.74, 6) is -0.702. The number of carbonyl (C=O) groups is 2. The average molecular weight is 423 g/mol. The molecule has 1 aromatic rings. The monoisotopic (exact) mass is 422 g/mol. The number of hydrogen-bond donors (Lipinski definition) is 1. The van der Waals surface area contributed by atoms with E-state index < -0.39 is 5.82 Å². The van der Waals surface area contributed by atoms with E-state index in [-0.39, 0.29) is 34.3 Å². The van der Waals surface area contributed by atoms with Gasteiger partial charge in [0.05, 0.1) is 6.54 Å². The Labute approximate surface area is 175 Å². The van der Waals surface area contributed by atoms with Gasteiger partial charge in [0.1, 0.15) is 11.9 Å². The highest BCUT2D eigenvalue weighted by atomic mass is 35.5. The molecule has 1 heterocycles. The Balaban J connectivity index is 1.19. The Morgan fingerprint density at radius 2 is 1.83 bits per heavy atom. The summed E-state index contributed by atoms with van der Waals surface area (Å²) in [6, 6.07) is 4.05. The number of nitrogens with zero attached hydrogens (tertiary/aromatic N) is 1. The second kappa shape index (κ2) is 8.60. The molecule has 29 heavy (non-hydrogen) atoms. The molecule has 3 fully saturated rings. The Hall–Kier alpha value is -1.66. The maximum absolute atomic E-state index is 13.4. The second-order valence-corrected chi connectivity index (χ2v) is 9.40. The predicted molar refractivity (Wildman–Crippen MR) is 109 cm³/mol. The number of rotatable bonds is 5. The highest BCUT2D eigenvalue weighted by Crippen LogP contribution is 2.45. The molecule has 1 N–H and O–H groups in total. The number of likely N-dealkylation sites (tertiary alicyclic amines) is 1. The summed E-state index contributed by atoms with van der Waals surface area (Å²) < 4.78 is 19.0. The van der Waals surface area contributed by atoms with Gasteiger partial charge in [-0.25, -0.2) is 4.39 Å². The van der Waals surface area contributed by atoms with Gasteiger partial charge < -0.3 is 10.1 Å². The van der Waals surface area contributed by atoms with Crippen LogP contribution in [0.5, 0.6) is 0 Å². The van der Waals surface area contributed by atoms with Crippen LogP contribution in [0.25, 0.3) is 0 Å². The molecule has 5 nitrogen and oxygen atoms in total. The molecule has 1 saturated heterocycles. The number of ether oxygens (including phenoxy) is 1. The molecule has 0 unspecified atom stereocenters. The van der Waals surface area contributed by atoms with E-state index in [0.717, 1.165) is 64.5 Å². The highest BCUT2D eigenvalue weighted by Gasteiger charge is 2.46. The Bertz CT molecular complexity index is 745. The number of nitrogens with one attached hydrogen (secondary N) is 1. The fourth-order valence-corrected chi connectivity index (χ4v) is 5.33. The van der Waals surface area contributed by atoms with Crippen molar-refractivity contribution in [2.45, 2.75) is 57.5 Å². The smallest absolute Gasteiger partial charge is 0.320 e. The summed E-state index contributed by atoms with van der Waals surface area (Å²) >= 11 is 5.85. The van der Waals surface area contributed by atoms with Crippen LogP contribution in [0.15, 0.2) is 18.2 Å². The van der Waals surface area contributed by atoms with Gasteiger partial charge >= 0.3 is 5.97 Å². The van der Waals surface area contributed by atoms with Crippen molar-refractivity contribution in [3.63, 3.8) is 0 Å². The second-order valence-electron chi connectivity index (χ2n) is 8.96. The van der Waals surface area contributed by atoms with Gasteiger partial charge in [0.15, 0.2) is 0 Å². The lowest BCUT2D eigenvalue weighted by atomic mass is 9.65. The van der Waals surface area contributed by atoms with E-state index in [1.165, 1.54) is 12.1 Å². The van der Waals surface area contributed by atoms with Crippen LogP contribution in [-0.2, 0) is 14.3 Å². The Kier molecular flexibility index (Phi) is 6.11. The van der Waals surface area contributed by atoms with Gasteiger partial charge in [-0.05, 0) is 75.0 Å². The van der Waals surface area contributed by atoms with E-state index in [1.807, 2.05) is 0 Å². The van der Waals surface area contributed by atoms with Gasteiger partial charge in [0, 0.05) is 29.7 Å². The number of anilines is 1. The van der Waals surface area contributed by atoms with Gasteiger partial charge in [0.2, 0.25) is 5.91 Å². The maximum Gasteiger partial charge on any atom is 0.320 e. The summed E-state index contributed by atoms with van der Waals surface area (Å²) in [7, 11) is 0. The molecule has 158 valence electrons. The number of amides is 1. The van der Waals surface area contributed by atoms with Crippen LogP contribution in [0.4, 0.5) is 10.1 Å². The van der Waals surface area contributed by atoms with E-state index in [1.54, 1.807) is 6.07 Å². The van der Waals surface area contributed by atoms with E-state index in [2.05, 4.69) is 10.2 Å². The normalized spacial score (nSPS) is 22.4. The zero-order chi connectivity index (χ0) is 20.4. The van der Waals surface area contributed by atoms with Crippen LogP contribution < -0.4 is 5.32 Å². The van der Waals surface area contributed by atoms with Crippen LogP contribution in [0.2, 0.25) is 5.02 Å². The molecule has 1 amide bonds. The number of esters is 1. The fourth-order valence-electron chi connectivity index (χ4n) is 5.11. The average Bonchev–Trinajstić information content (AvgIpc) is 3.13. The third-order valence-corrected chi connectivity index (χ3v) is 6.84. The molecule has 2 saturated carbocycles. The number of carbonyl (C=O) groups excluding carboxylic acids is 2. The van der Waals surface area contributed by atoms with Crippen molar-refractivity contribution in [3.8, 4) is 0 Å². The lowest BCUT2D eigenvalue weighted by molar-refractivity contribution is -0.154. The SMILES string of the molecule is O=C(CN1CC2(CCC(C(=O)Nc3cc(F)cc(Cl)c3)CC2)C1)OC1CCCC1. The molecule has 0 radical (unpaired) electrons. The molecule has 4 rings (SSSR count). The molecule has 3 aliphatic rings. The summed E-state index contributed by atoms with van der Waals surface area (Å²) in [5.41, 5.74) is 0.628. The minimum absolute atomic E-state index is 0.0657. The minimum Gasteiger partial charge on any atom is -0.461 e. The number of benzene rings is 1. The fraction of sp³-hybridized carbons (Fsp3) is 0.636. The van der Waals surface area contributed by atoms with Crippen molar-refractivity contribution in [1.82, 2.24) is 4.90 Å². The van der Waals surface area contributed by atoms with E-state index in [4.69, 9.17) is 16.3 Å². The third kappa shape index (κ3) is 5.10. The first-order valence-corrected chi connectivity index (χ1v) is 11.0. The van der Waals surface area contributed by atoms with Gasteiger partial charge in [0.25, 0.3) is 0 Å². The first-order chi connectivity index (χ1) is 13.9. The lowest BCUT2D eigenvalue weighted by Crippen LogP contribution is -2.59. The first kappa shape index (κ1) is 20.6. The van der Waals surface area contributed by atoms with Crippen molar-refractivity contribution in [1.29, 1.82) is 0 Å². The predicted octanol–water partition coefficient (Wildman–Crippen LogP) is 4.40. The molecule has 1 aromatic carbocycles. The van der Waals surface area contributed by atoms with Crippen molar-refractivity contribution >= 4 is 29.2 Å². The van der Waals surface area contributed by atoms with Gasteiger partial charge in [-0.1, -0.05) is 11.6 Å². The number of hydrogen-bond acceptors (Lipinski definition) is 4. The van der Waals surface area contributed by atoms with Crippen molar-refractivity contribution < 1.29 is 18.7 Å². The van der Waals surface area contributed by atoms with Crippen LogP contribution >= 0.6 is 11.6 Å². The van der Waals surface area contributed by atoms with E-state index in [9.17, 15) is 14.0 Å². The van der Waals surface area contributed by atoms with Crippen LogP contribution in [-0.4, -0.2) is 42.5 Å². The van der Waals surface area contributed by atoms with Crippen LogP contribution in [0.1, 0.15) is 51.4 Å². The minimum atomic E-state index is -0.462. The summed E-state index contributed by atoms with van der Waals surface area (Å²) in [5, 5.41) is 3.06. The van der Waals surface area contributed by atoms with Gasteiger partial charge in [-0.2, -0.15) is 0 Å². The molecule has 0 bridgehead atoms. The van der Waals surface area contributed by atoms with Crippen molar-refractivity contribution in [2.75, 3.05) is 25.0 Å². The van der Waals surface area contributed by atoms with E-state index in [0.29, 0.717) is 12.2 Å². The molecule has 1 aliphatic heterocycles. The maximum atomic E-state index is 13.4. The Morgan fingerprint density at radius 3 is 2.48 bits per heavy atom. The topological polar surface area (TPSA) is 58.6 Å². The first-order valence-electron chi connectivity index (χ1n) is 10.6. The molecule has 0 aromatic heterocycles. The molecular weight excluding hydrogens is 395 g/mol. The highest BCUT2D eigenvalue weighted by molar-refractivity contribution is 6.30. The summed E-state index contributed by atoms with van der Waals surface area (Å²) in [6.07, 6.45) is 8.02. The molecule has 7 heteroatoms. The zero-order valence-electron chi connectivity index (χ0n) is 16.6. The van der Waals surface area contributed by atoms with Gasteiger partial charge in [-0.15, -0.1) is 0 Å².